The Morgan fingerprint density at radius 1 is 0.971 bits per heavy atom. The molecule has 0 radical (unpaired) electrons. The van der Waals surface area contributed by atoms with Gasteiger partial charge in [-0.15, -0.1) is 5.10 Å². The zero-order valence-corrected chi connectivity index (χ0v) is 19.1. The summed E-state index contributed by atoms with van der Waals surface area (Å²) in [6.45, 7) is 3.45. The average Bonchev–Trinajstić information content (AvgIpc) is 3.39. The van der Waals surface area contributed by atoms with Gasteiger partial charge >= 0.3 is 11.9 Å². The van der Waals surface area contributed by atoms with E-state index in [1.165, 1.54) is 23.6 Å². The van der Waals surface area contributed by atoms with Crippen LogP contribution in [-0.4, -0.2) is 47.3 Å². The molecule has 0 aliphatic rings. The maximum Gasteiger partial charge on any atom is 0.336 e. The number of carbonyl (C=O) groups is 2. The van der Waals surface area contributed by atoms with E-state index in [1.54, 1.807) is 36.4 Å². The Morgan fingerprint density at radius 3 is 2.31 bits per heavy atom. The number of benzene rings is 2. The number of aromatic amines is 1. The van der Waals surface area contributed by atoms with Crippen molar-refractivity contribution in [3.05, 3.63) is 81.3 Å². The Kier molecular flexibility index (Phi) is 6.54. The Balaban J connectivity index is 1.94. The van der Waals surface area contributed by atoms with Gasteiger partial charge in [0.2, 0.25) is 0 Å². The number of rotatable bonds is 8. The van der Waals surface area contributed by atoms with Gasteiger partial charge in [0.1, 0.15) is 0 Å². The smallest absolute Gasteiger partial charge is 0.336 e. The molecular formula is C25H23N5O5. The number of carboxylic acid groups (broad SMARTS) is 2. The minimum Gasteiger partial charge on any atom is -0.478 e. The van der Waals surface area contributed by atoms with Crippen LogP contribution < -0.4 is 5.56 Å². The molecule has 3 N–H and O–H groups in total. The number of aryl methyl sites for hydroxylation is 1. The fourth-order valence-electron chi connectivity index (χ4n) is 4.08. The molecule has 0 bridgehead atoms. The highest BCUT2D eigenvalue weighted by atomic mass is 16.4. The van der Waals surface area contributed by atoms with Crippen LogP contribution in [-0.2, 0) is 6.42 Å². The normalized spacial score (nSPS) is 10.9. The van der Waals surface area contributed by atoms with E-state index in [9.17, 15) is 24.6 Å². The van der Waals surface area contributed by atoms with Gasteiger partial charge in [-0.25, -0.2) is 14.7 Å². The number of tetrazole rings is 1. The summed E-state index contributed by atoms with van der Waals surface area (Å²) in [4.78, 5) is 37.2. The monoisotopic (exact) mass is 473 g/mol. The predicted octanol–water partition coefficient (Wildman–Crippen LogP) is 3.73. The molecule has 0 fully saturated rings. The number of nitrogens with one attached hydrogen (secondary N) is 1. The van der Waals surface area contributed by atoms with E-state index in [0.717, 1.165) is 12.8 Å². The van der Waals surface area contributed by atoms with Crippen LogP contribution in [0.3, 0.4) is 0 Å². The lowest BCUT2D eigenvalue weighted by Crippen LogP contribution is -2.27. The first kappa shape index (κ1) is 23.6. The molecule has 35 heavy (non-hydrogen) atoms. The third kappa shape index (κ3) is 4.45. The highest BCUT2D eigenvalue weighted by Gasteiger charge is 2.21. The van der Waals surface area contributed by atoms with Crippen molar-refractivity contribution >= 4 is 11.9 Å². The molecule has 2 aromatic carbocycles. The first-order valence-electron chi connectivity index (χ1n) is 11.0. The average molecular weight is 473 g/mol. The van der Waals surface area contributed by atoms with E-state index in [0.29, 0.717) is 40.3 Å². The first-order valence-corrected chi connectivity index (χ1v) is 11.0. The van der Waals surface area contributed by atoms with E-state index in [2.05, 4.69) is 20.6 Å². The van der Waals surface area contributed by atoms with Crippen molar-refractivity contribution in [2.24, 2.45) is 0 Å². The number of H-pyrrole nitrogens is 1. The lowest BCUT2D eigenvalue weighted by Gasteiger charge is -2.18. The van der Waals surface area contributed by atoms with Crippen molar-refractivity contribution in [1.82, 2.24) is 25.2 Å². The zero-order valence-electron chi connectivity index (χ0n) is 19.1. The summed E-state index contributed by atoms with van der Waals surface area (Å²) in [7, 11) is 0. The highest BCUT2D eigenvalue weighted by molar-refractivity contribution is 5.99. The Morgan fingerprint density at radius 2 is 1.69 bits per heavy atom. The number of nitrogens with zero attached hydrogens (tertiary/aromatic N) is 4. The Hall–Kier alpha value is -4.60. The van der Waals surface area contributed by atoms with Crippen LogP contribution in [0.25, 0.3) is 28.2 Å². The van der Waals surface area contributed by atoms with Crippen LogP contribution >= 0.6 is 0 Å². The summed E-state index contributed by atoms with van der Waals surface area (Å²) in [5.41, 5.74) is 2.03. The molecule has 0 unspecified atom stereocenters. The minimum absolute atomic E-state index is 0.0178. The van der Waals surface area contributed by atoms with Crippen LogP contribution in [0.4, 0.5) is 0 Å². The summed E-state index contributed by atoms with van der Waals surface area (Å²) < 4.78 is 1.40. The van der Waals surface area contributed by atoms with Crippen LogP contribution in [0.5, 0.6) is 0 Å². The Bertz CT molecular complexity index is 1470. The number of hydrogen-bond donors (Lipinski definition) is 3. The van der Waals surface area contributed by atoms with Gasteiger partial charge in [0.15, 0.2) is 5.82 Å². The molecule has 178 valence electrons. The quantitative estimate of drug-likeness (QED) is 0.350. The molecule has 10 nitrogen and oxygen atoms in total. The number of aromatic nitrogens is 5. The summed E-state index contributed by atoms with van der Waals surface area (Å²) in [6.07, 6.45) is 2.05. The van der Waals surface area contributed by atoms with Gasteiger partial charge in [-0.2, -0.15) is 0 Å². The maximum atomic E-state index is 13.2. The minimum atomic E-state index is -1.18. The van der Waals surface area contributed by atoms with E-state index in [4.69, 9.17) is 0 Å². The summed E-state index contributed by atoms with van der Waals surface area (Å²) in [5, 5.41) is 33.4. The number of pyridine rings is 1. The second-order valence-corrected chi connectivity index (χ2v) is 8.05. The second kappa shape index (κ2) is 9.72. The maximum absolute atomic E-state index is 13.2. The fraction of sp³-hybridized carbons (Fsp3) is 0.200. The zero-order chi connectivity index (χ0) is 25.1. The van der Waals surface area contributed by atoms with Gasteiger partial charge < -0.3 is 10.2 Å². The third-order valence-electron chi connectivity index (χ3n) is 5.85. The molecule has 4 rings (SSSR count). The molecule has 0 spiro atoms. The molecule has 0 aliphatic carbocycles. The van der Waals surface area contributed by atoms with Crippen molar-refractivity contribution in [2.45, 2.75) is 33.1 Å². The lowest BCUT2D eigenvalue weighted by atomic mass is 9.94. The van der Waals surface area contributed by atoms with Crippen molar-refractivity contribution < 1.29 is 19.8 Å². The van der Waals surface area contributed by atoms with Gasteiger partial charge in [-0.3, -0.25) is 9.36 Å². The number of carboxylic acids is 2. The van der Waals surface area contributed by atoms with Gasteiger partial charge in [0.25, 0.3) is 5.56 Å². The number of aromatic carboxylic acids is 2. The van der Waals surface area contributed by atoms with Crippen molar-refractivity contribution in [3.8, 4) is 28.2 Å². The Labute approximate surface area is 199 Å². The molecule has 2 heterocycles. The fourth-order valence-corrected chi connectivity index (χ4v) is 4.08. The SMILES string of the molecule is CCCCc1cc(C(=O)O)c(C)c(=O)n1-c1ccc(-c2ccccc2-c2nnn[nH]2)c(C(=O)O)c1. The van der Waals surface area contributed by atoms with Crippen molar-refractivity contribution in [2.75, 3.05) is 0 Å². The lowest BCUT2D eigenvalue weighted by molar-refractivity contribution is 0.0686. The molecule has 2 aromatic heterocycles. The van der Waals surface area contributed by atoms with E-state index in [-0.39, 0.29) is 16.7 Å². The van der Waals surface area contributed by atoms with Crippen LogP contribution in [0, 0.1) is 6.92 Å². The largest absolute Gasteiger partial charge is 0.478 e. The molecule has 4 aromatic rings. The third-order valence-corrected chi connectivity index (χ3v) is 5.85. The van der Waals surface area contributed by atoms with Crippen LogP contribution in [0.15, 0.2) is 53.3 Å². The molecule has 0 saturated heterocycles. The van der Waals surface area contributed by atoms with Gasteiger partial charge in [0, 0.05) is 22.5 Å². The van der Waals surface area contributed by atoms with E-state index >= 15 is 0 Å². The highest BCUT2D eigenvalue weighted by Crippen LogP contribution is 2.33. The first-order chi connectivity index (χ1) is 16.8. The van der Waals surface area contributed by atoms with Crippen molar-refractivity contribution in [3.63, 3.8) is 0 Å². The summed E-state index contributed by atoms with van der Waals surface area (Å²) in [5.74, 6) is -1.96. The van der Waals surface area contributed by atoms with Crippen LogP contribution in [0.1, 0.15) is 51.7 Å². The molecule has 0 atom stereocenters. The number of hydrogen-bond acceptors (Lipinski definition) is 6. The van der Waals surface area contributed by atoms with Crippen LogP contribution in [0.2, 0.25) is 0 Å². The topological polar surface area (TPSA) is 151 Å². The molecular weight excluding hydrogens is 450 g/mol. The van der Waals surface area contributed by atoms with Gasteiger partial charge in [-0.1, -0.05) is 43.7 Å². The molecule has 0 saturated carbocycles. The number of unbranched alkanes of at least 4 members (excludes halogenated alkanes) is 1. The van der Waals surface area contributed by atoms with Crippen molar-refractivity contribution in [1.29, 1.82) is 0 Å². The molecule has 0 aliphatic heterocycles. The van der Waals surface area contributed by atoms with E-state index in [1.807, 2.05) is 6.92 Å². The molecule has 0 amide bonds. The predicted molar refractivity (Wildman–Crippen MR) is 128 cm³/mol. The summed E-state index contributed by atoms with van der Waals surface area (Å²) in [6, 6.07) is 13.3. The molecule has 10 heteroatoms. The summed E-state index contributed by atoms with van der Waals surface area (Å²) >= 11 is 0. The standard InChI is InChI=1S/C25H23N5O5/c1-3-4-7-15-12-20(24(32)33)14(2)23(31)30(15)16-10-11-18(21(13-16)25(34)35)17-8-5-6-9-19(17)22-26-28-29-27-22/h5-6,8-13H,3-4,7H2,1-2H3,(H,32,33)(H,34,35)(H,26,27,28,29). The van der Waals surface area contributed by atoms with E-state index < -0.39 is 17.5 Å². The van der Waals surface area contributed by atoms with Gasteiger partial charge in [-0.05, 0) is 59.5 Å². The second-order valence-electron chi connectivity index (χ2n) is 8.05. The van der Waals surface area contributed by atoms with Gasteiger partial charge in [0.05, 0.1) is 11.1 Å².